The Hall–Kier alpha value is -2.54. The van der Waals surface area contributed by atoms with Gasteiger partial charge in [-0.05, 0) is 30.5 Å². The highest BCUT2D eigenvalue weighted by Gasteiger charge is 2.49. The largest absolute Gasteiger partial charge is 0.367 e. The minimum atomic E-state index is -0.470. The predicted molar refractivity (Wildman–Crippen MR) is 115 cm³/mol. The first-order chi connectivity index (χ1) is 14.6. The number of benzene rings is 2. The molecule has 1 aromatic heterocycles. The molecule has 1 aliphatic heterocycles. The average molecular weight is 423 g/mol. The van der Waals surface area contributed by atoms with Crippen LogP contribution in [0.4, 0.5) is 0 Å². The summed E-state index contributed by atoms with van der Waals surface area (Å²) in [5.41, 5.74) is 2.50. The Balaban J connectivity index is 1.45. The van der Waals surface area contributed by atoms with Crippen molar-refractivity contribution in [2.24, 2.45) is 7.05 Å². The van der Waals surface area contributed by atoms with Crippen molar-refractivity contribution in [2.45, 2.75) is 24.4 Å². The molecule has 1 atom stereocenters. The van der Waals surface area contributed by atoms with Crippen molar-refractivity contribution in [3.63, 3.8) is 0 Å². The SMILES string of the molecule is Cn1c(-c2ccc(C(=O)C3CNCCO3)cc2Cl)nnc1C1(c2ccccc2)CC1. The van der Waals surface area contributed by atoms with Gasteiger partial charge in [-0.1, -0.05) is 48.0 Å². The summed E-state index contributed by atoms with van der Waals surface area (Å²) >= 11 is 6.59. The standard InChI is InChI=1S/C23H23ClN4O2/c1-28-21(26-27-22(28)23(9-10-23)16-5-3-2-4-6-16)17-8-7-15(13-18(17)24)20(29)19-14-25-11-12-30-19/h2-8,13,19,25H,9-12,14H2,1H3. The number of carbonyl (C=O) groups excluding carboxylic acids is 1. The summed E-state index contributed by atoms with van der Waals surface area (Å²) in [6, 6.07) is 15.8. The smallest absolute Gasteiger partial charge is 0.192 e. The fraction of sp³-hybridized carbons (Fsp3) is 0.348. The first-order valence-corrected chi connectivity index (χ1v) is 10.6. The molecule has 0 bridgehead atoms. The van der Waals surface area contributed by atoms with Crippen LogP contribution >= 0.6 is 11.6 Å². The number of ether oxygens (including phenoxy) is 1. The minimum Gasteiger partial charge on any atom is -0.367 e. The van der Waals surface area contributed by atoms with Crippen molar-refractivity contribution >= 4 is 17.4 Å². The number of hydrogen-bond donors (Lipinski definition) is 1. The molecule has 0 amide bonds. The van der Waals surface area contributed by atoms with Gasteiger partial charge in [-0.3, -0.25) is 4.79 Å². The summed E-state index contributed by atoms with van der Waals surface area (Å²) in [6.45, 7) is 1.82. The molecule has 154 valence electrons. The fourth-order valence-electron chi connectivity index (χ4n) is 4.27. The molecule has 3 aromatic rings. The van der Waals surface area contributed by atoms with E-state index in [9.17, 15) is 4.79 Å². The third kappa shape index (κ3) is 3.25. The Morgan fingerprint density at radius 2 is 2.00 bits per heavy atom. The van der Waals surface area contributed by atoms with Crippen molar-refractivity contribution in [3.8, 4) is 11.4 Å². The van der Waals surface area contributed by atoms with E-state index >= 15 is 0 Å². The van der Waals surface area contributed by atoms with Gasteiger partial charge in [0, 0.05) is 31.3 Å². The number of nitrogens with one attached hydrogen (secondary N) is 1. The van der Waals surface area contributed by atoms with Crippen molar-refractivity contribution in [2.75, 3.05) is 19.7 Å². The molecule has 30 heavy (non-hydrogen) atoms. The van der Waals surface area contributed by atoms with Gasteiger partial charge in [0.05, 0.1) is 17.0 Å². The monoisotopic (exact) mass is 422 g/mol. The Bertz CT molecular complexity index is 1090. The maximum Gasteiger partial charge on any atom is 0.192 e. The van der Waals surface area contributed by atoms with E-state index in [0.29, 0.717) is 29.6 Å². The van der Waals surface area contributed by atoms with E-state index in [1.807, 2.05) is 23.7 Å². The number of aromatic nitrogens is 3. The van der Waals surface area contributed by atoms with E-state index in [1.54, 1.807) is 12.1 Å². The van der Waals surface area contributed by atoms with Gasteiger partial charge in [0.2, 0.25) is 0 Å². The number of morpholine rings is 1. The number of halogens is 1. The first-order valence-electron chi connectivity index (χ1n) is 10.2. The van der Waals surface area contributed by atoms with E-state index in [-0.39, 0.29) is 11.2 Å². The van der Waals surface area contributed by atoms with Gasteiger partial charge in [0.15, 0.2) is 11.6 Å². The molecule has 2 aromatic carbocycles. The van der Waals surface area contributed by atoms with Gasteiger partial charge >= 0.3 is 0 Å². The predicted octanol–water partition coefficient (Wildman–Crippen LogP) is 3.39. The molecular weight excluding hydrogens is 400 g/mol. The third-order valence-corrected chi connectivity index (χ3v) is 6.41. The summed E-state index contributed by atoms with van der Waals surface area (Å²) < 4.78 is 7.60. The lowest BCUT2D eigenvalue weighted by atomic mass is 9.95. The topological polar surface area (TPSA) is 69.0 Å². The highest BCUT2D eigenvalue weighted by molar-refractivity contribution is 6.33. The number of Topliss-reactive ketones (excluding diaryl/α,β-unsaturated/α-hetero) is 1. The van der Waals surface area contributed by atoms with E-state index in [2.05, 4.69) is 39.8 Å². The van der Waals surface area contributed by atoms with Gasteiger partial charge in [-0.15, -0.1) is 10.2 Å². The second-order valence-corrected chi connectivity index (χ2v) is 8.38. The Kier molecular flexibility index (Phi) is 4.93. The molecule has 2 heterocycles. The lowest BCUT2D eigenvalue weighted by Crippen LogP contribution is -2.43. The van der Waals surface area contributed by atoms with E-state index < -0.39 is 6.10 Å². The summed E-state index contributed by atoms with van der Waals surface area (Å²) in [5, 5.41) is 12.6. The summed E-state index contributed by atoms with van der Waals surface area (Å²) in [5.74, 6) is 1.59. The molecule has 0 radical (unpaired) electrons. The molecule has 6 nitrogen and oxygen atoms in total. The van der Waals surface area contributed by atoms with Crippen LogP contribution in [0.5, 0.6) is 0 Å². The summed E-state index contributed by atoms with van der Waals surface area (Å²) in [6.07, 6.45) is 1.64. The van der Waals surface area contributed by atoms with E-state index in [4.69, 9.17) is 16.3 Å². The van der Waals surface area contributed by atoms with Gasteiger partial charge in [0.25, 0.3) is 0 Å². The zero-order valence-electron chi connectivity index (χ0n) is 16.8. The second-order valence-electron chi connectivity index (χ2n) is 7.98. The second kappa shape index (κ2) is 7.61. The number of hydrogen-bond acceptors (Lipinski definition) is 5. The molecule has 1 unspecified atom stereocenters. The molecule has 5 rings (SSSR count). The van der Waals surface area contributed by atoms with Crippen molar-refractivity contribution in [1.82, 2.24) is 20.1 Å². The number of carbonyl (C=O) groups is 1. The normalized spacial score (nSPS) is 20.1. The lowest BCUT2D eigenvalue weighted by Gasteiger charge is -2.22. The molecular formula is C23H23ClN4O2. The Morgan fingerprint density at radius 1 is 1.20 bits per heavy atom. The van der Waals surface area contributed by atoms with Crippen molar-refractivity contribution in [3.05, 3.63) is 70.5 Å². The van der Waals surface area contributed by atoms with Crippen LogP contribution in [0.1, 0.15) is 34.6 Å². The van der Waals surface area contributed by atoms with Crippen LogP contribution in [-0.4, -0.2) is 46.3 Å². The molecule has 1 saturated carbocycles. The highest BCUT2D eigenvalue weighted by Crippen LogP contribution is 2.53. The zero-order chi connectivity index (χ0) is 20.7. The molecule has 2 aliphatic rings. The van der Waals surface area contributed by atoms with Gasteiger partial charge in [-0.25, -0.2) is 0 Å². The van der Waals surface area contributed by atoms with Gasteiger partial charge in [0.1, 0.15) is 11.9 Å². The minimum absolute atomic E-state index is 0.0599. The zero-order valence-corrected chi connectivity index (χ0v) is 17.5. The van der Waals surface area contributed by atoms with E-state index in [1.165, 1.54) is 5.56 Å². The lowest BCUT2D eigenvalue weighted by molar-refractivity contribution is 0.0269. The number of nitrogens with zero attached hydrogens (tertiary/aromatic N) is 3. The van der Waals surface area contributed by atoms with Crippen LogP contribution in [0.25, 0.3) is 11.4 Å². The third-order valence-electron chi connectivity index (χ3n) is 6.09. The molecule has 2 fully saturated rings. The van der Waals surface area contributed by atoms with Crippen LogP contribution in [0.15, 0.2) is 48.5 Å². The molecule has 1 N–H and O–H groups in total. The van der Waals surface area contributed by atoms with Gasteiger partial charge < -0.3 is 14.6 Å². The fourth-order valence-corrected chi connectivity index (χ4v) is 4.54. The molecule has 1 aliphatic carbocycles. The quantitative estimate of drug-likeness (QED) is 0.638. The Labute approximate surface area is 180 Å². The van der Waals surface area contributed by atoms with E-state index in [0.717, 1.165) is 30.8 Å². The van der Waals surface area contributed by atoms with Crippen LogP contribution in [0.2, 0.25) is 5.02 Å². The van der Waals surface area contributed by atoms with Crippen molar-refractivity contribution in [1.29, 1.82) is 0 Å². The van der Waals surface area contributed by atoms with Crippen LogP contribution in [-0.2, 0) is 17.2 Å². The summed E-state index contributed by atoms with van der Waals surface area (Å²) in [4.78, 5) is 12.7. The average Bonchev–Trinajstić information content (AvgIpc) is 3.51. The molecule has 1 saturated heterocycles. The maximum atomic E-state index is 12.7. The van der Waals surface area contributed by atoms with Crippen LogP contribution < -0.4 is 5.32 Å². The summed E-state index contributed by atoms with van der Waals surface area (Å²) in [7, 11) is 1.98. The van der Waals surface area contributed by atoms with Crippen LogP contribution in [0, 0.1) is 0 Å². The molecule has 7 heteroatoms. The van der Waals surface area contributed by atoms with Crippen LogP contribution in [0.3, 0.4) is 0 Å². The van der Waals surface area contributed by atoms with Gasteiger partial charge in [-0.2, -0.15) is 0 Å². The maximum absolute atomic E-state index is 12.7. The first kappa shape index (κ1) is 19.4. The highest BCUT2D eigenvalue weighted by atomic mass is 35.5. The Morgan fingerprint density at radius 3 is 2.67 bits per heavy atom. The molecule has 0 spiro atoms. The van der Waals surface area contributed by atoms with Crippen molar-refractivity contribution < 1.29 is 9.53 Å². The number of ketones is 1. The number of rotatable bonds is 5.